The molecule has 1 rings (SSSR count). The lowest BCUT2D eigenvalue weighted by Gasteiger charge is -2.21. The highest BCUT2D eigenvalue weighted by Gasteiger charge is 2.23. The van der Waals surface area contributed by atoms with E-state index in [0.29, 0.717) is 0 Å². The molecule has 1 amide bonds. The molecule has 2 N–H and O–H groups in total. The van der Waals surface area contributed by atoms with E-state index in [0.717, 1.165) is 11.1 Å². The van der Waals surface area contributed by atoms with Crippen molar-refractivity contribution in [3.63, 3.8) is 0 Å². The Bertz CT molecular complexity index is 609. The van der Waals surface area contributed by atoms with E-state index in [1.165, 1.54) is 24.9 Å². The van der Waals surface area contributed by atoms with Crippen LogP contribution in [0.5, 0.6) is 0 Å². The molecule has 0 saturated heterocycles. The van der Waals surface area contributed by atoms with Gasteiger partial charge in [-0.15, -0.1) is 0 Å². The summed E-state index contributed by atoms with van der Waals surface area (Å²) in [6.45, 7) is 0.807. The number of rotatable bonds is 6. The minimum absolute atomic E-state index is 0.0678. The number of aryl methyl sites for hydroxylation is 1. The predicted octanol–water partition coefficient (Wildman–Crippen LogP) is -1.37. The summed E-state index contributed by atoms with van der Waals surface area (Å²) >= 11 is 0. The van der Waals surface area contributed by atoms with Crippen LogP contribution in [0.4, 0.5) is 0 Å². The number of carboxylic acids is 1. The number of carbonyl (C=O) groups excluding carboxylic acids is 1. The van der Waals surface area contributed by atoms with E-state index in [4.69, 9.17) is 5.11 Å². The average Bonchev–Trinajstić information content (AvgIpc) is 2.81. The Morgan fingerprint density at radius 2 is 2.15 bits per heavy atom. The van der Waals surface area contributed by atoms with Crippen molar-refractivity contribution in [1.82, 2.24) is 19.4 Å². The molecule has 10 heteroatoms. The first-order valence-corrected chi connectivity index (χ1v) is 7.10. The molecule has 20 heavy (non-hydrogen) atoms. The van der Waals surface area contributed by atoms with Crippen LogP contribution in [0.25, 0.3) is 0 Å². The maximum absolute atomic E-state index is 11.8. The van der Waals surface area contributed by atoms with Crippen LogP contribution in [0.3, 0.4) is 0 Å². The van der Waals surface area contributed by atoms with Crippen LogP contribution in [0.1, 0.15) is 6.92 Å². The number of likely N-dealkylation sites (N-methyl/N-ethyl adjacent to an activating group) is 1. The van der Waals surface area contributed by atoms with E-state index in [1.807, 2.05) is 0 Å². The van der Waals surface area contributed by atoms with Crippen molar-refractivity contribution in [3.8, 4) is 0 Å². The van der Waals surface area contributed by atoms with Crippen LogP contribution < -0.4 is 4.72 Å². The number of nitrogens with one attached hydrogen (secondary N) is 1. The molecule has 1 aromatic rings. The quantitative estimate of drug-likeness (QED) is 0.668. The van der Waals surface area contributed by atoms with Gasteiger partial charge in [0.25, 0.3) is 0 Å². The fourth-order valence-corrected chi connectivity index (χ4v) is 2.24. The molecule has 0 bridgehead atoms. The van der Waals surface area contributed by atoms with Gasteiger partial charge in [0.15, 0.2) is 0 Å². The number of sulfonamides is 1. The Kier molecular flexibility index (Phi) is 4.84. The van der Waals surface area contributed by atoms with Gasteiger partial charge in [-0.25, -0.2) is 17.9 Å². The molecule has 9 nitrogen and oxygen atoms in total. The van der Waals surface area contributed by atoms with Crippen LogP contribution in [0.15, 0.2) is 17.3 Å². The lowest BCUT2D eigenvalue weighted by atomic mass is 10.3. The van der Waals surface area contributed by atoms with Gasteiger partial charge >= 0.3 is 5.97 Å². The van der Waals surface area contributed by atoms with Gasteiger partial charge in [0.2, 0.25) is 15.9 Å². The highest BCUT2D eigenvalue weighted by molar-refractivity contribution is 7.89. The van der Waals surface area contributed by atoms with Crippen molar-refractivity contribution in [2.24, 2.45) is 7.05 Å². The lowest BCUT2D eigenvalue weighted by molar-refractivity contribution is -0.147. The summed E-state index contributed by atoms with van der Waals surface area (Å²) < 4.78 is 27.1. The predicted molar refractivity (Wildman–Crippen MR) is 68.3 cm³/mol. The average molecular weight is 304 g/mol. The maximum Gasteiger partial charge on any atom is 0.326 e. The van der Waals surface area contributed by atoms with Gasteiger partial charge in [-0.2, -0.15) is 5.10 Å². The number of carbonyl (C=O) groups is 2. The first kappa shape index (κ1) is 16.1. The normalized spacial score (nSPS) is 12.9. The van der Waals surface area contributed by atoms with Gasteiger partial charge in [-0.05, 0) is 6.92 Å². The highest BCUT2D eigenvalue weighted by atomic mass is 32.2. The van der Waals surface area contributed by atoms with Gasteiger partial charge < -0.3 is 10.0 Å². The molecule has 0 radical (unpaired) electrons. The van der Waals surface area contributed by atoms with Crippen LogP contribution >= 0.6 is 0 Å². The van der Waals surface area contributed by atoms with Gasteiger partial charge in [0, 0.05) is 20.3 Å². The zero-order chi connectivity index (χ0) is 15.5. The summed E-state index contributed by atoms with van der Waals surface area (Å²) in [5.74, 6) is -1.82. The van der Waals surface area contributed by atoms with Gasteiger partial charge in [0.1, 0.15) is 10.9 Å². The van der Waals surface area contributed by atoms with Gasteiger partial charge in [0.05, 0.1) is 12.7 Å². The zero-order valence-corrected chi connectivity index (χ0v) is 12.1. The Morgan fingerprint density at radius 1 is 1.55 bits per heavy atom. The summed E-state index contributed by atoms with van der Waals surface area (Å²) in [4.78, 5) is 23.3. The highest BCUT2D eigenvalue weighted by Crippen LogP contribution is 2.05. The van der Waals surface area contributed by atoms with Crippen LogP contribution in [-0.4, -0.2) is 59.7 Å². The van der Waals surface area contributed by atoms with E-state index >= 15 is 0 Å². The molecule has 1 unspecified atom stereocenters. The summed E-state index contributed by atoms with van der Waals surface area (Å²) in [7, 11) is -0.989. The van der Waals surface area contributed by atoms with E-state index in [2.05, 4.69) is 9.82 Å². The number of hydrogen-bond donors (Lipinski definition) is 2. The van der Waals surface area contributed by atoms with Crippen LogP contribution in [-0.2, 0) is 26.7 Å². The molecule has 0 aromatic carbocycles. The fourth-order valence-electron chi connectivity index (χ4n) is 1.28. The SMILES string of the molecule is CC(C(=O)O)N(C)C(=O)CNS(=O)(=O)c1cnn(C)c1. The number of carboxylic acid groups (broad SMARTS) is 1. The maximum atomic E-state index is 11.8. The minimum atomic E-state index is -3.84. The second-order valence-corrected chi connectivity index (χ2v) is 5.96. The number of aliphatic carboxylic acids is 1. The zero-order valence-electron chi connectivity index (χ0n) is 11.3. The molecule has 1 atom stereocenters. The Hall–Kier alpha value is -1.94. The second-order valence-electron chi connectivity index (χ2n) is 4.19. The van der Waals surface area contributed by atoms with Crippen molar-refractivity contribution in [3.05, 3.63) is 12.4 Å². The minimum Gasteiger partial charge on any atom is -0.480 e. The third-order valence-corrected chi connectivity index (χ3v) is 4.09. The van der Waals surface area contributed by atoms with Gasteiger partial charge in [-0.1, -0.05) is 0 Å². The number of amides is 1. The Morgan fingerprint density at radius 3 is 2.60 bits per heavy atom. The van der Waals surface area contributed by atoms with E-state index in [1.54, 1.807) is 7.05 Å². The smallest absolute Gasteiger partial charge is 0.326 e. The monoisotopic (exact) mass is 304 g/mol. The lowest BCUT2D eigenvalue weighted by Crippen LogP contribution is -2.45. The largest absolute Gasteiger partial charge is 0.480 e. The molecule has 0 aliphatic heterocycles. The Balaban J connectivity index is 2.67. The molecule has 1 aromatic heterocycles. The topological polar surface area (TPSA) is 122 Å². The first-order chi connectivity index (χ1) is 9.15. The van der Waals surface area contributed by atoms with Crippen molar-refractivity contribution in [2.45, 2.75) is 17.9 Å². The van der Waals surface area contributed by atoms with Crippen molar-refractivity contribution < 1.29 is 23.1 Å². The molecular formula is C10H16N4O5S. The number of hydrogen-bond acceptors (Lipinski definition) is 5. The first-order valence-electron chi connectivity index (χ1n) is 5.62. The van der Waals surface area contributed by atoms with E-state index in [-0.39, 0.29) is 4.90 Å². The molecule has 0 aliphatic carbocycles. The molecule has 0 spiro atoms. The molecule has 0 aliphatic rings. The summed E-state index contributed by atoms with van der Waals surface area (Å²) in [6.07, 6.45) is 2.44. The molecule has 1 heterocycles. The molecule has 112 valence electrons. The summed E-state index contributed by atoms with van der Waals surface area (Å²) in [5.41, 5.74) is 0. The molecular weight excluding hydrogens is 288 g/mol. The third kappa shape index (κ3) is 3.78. The van der Waals surface area contributed by atoms with E-state index in [9.17, 15) is 18.0 Å². The van der Waals surface area contributed by atoms with Crippen LogP contribution in [0.2, 0.25) is 0 Å². The summed E-state index contributed by atoms with van der Waals surface area (Å²) in [5, 5.41) is 12.5. The fraction of sp³-hybridized carbons (Fsp3) is 0.500. The third-order valence-electron chi connectivity index (χ3n) is 2.74. The standard InChI is InChI=1S/C10H16N4O5S/c1-7(10(16)17)14(3)9(15)5-12-20(18,19)8-4-11-13(2)6-8/h4,6-7,12H,5H2,1-3H3,(H,16,17). The second kappa shape index (κ2) is 6.01. The summed E-state index contributed by atoms with van der Waals surface area (Å²) in [6, 6.07) is -1.04. The van der Waals surface area contributed by atoms with Crippen LogP contribution in [0, 0.1) is 0 Å². The number of nitrogens with zero attached hydrogens (tertiary/aromatic N) is 3. The van der Waals surface area contributed by atoms with Crippen molar-refractivity contribution >= 4 is 21.9 Å². The Labute approximate surface area is 116 Å². The molecule has 0 fully saturated rings. The van der Waals surface area contributed by atoms with E-state index < -0.39 is 34.5 Å². The molecule has 0 saturated carbocycles. The van der Waals surface area contributed by atoms with Gasteiger partial charge in [-0.3, -0.25) is 9.48 Å². The van der Waals surface area contributed by atoms with Crippen molar-refractivity contribution in [1.29, 1.82) is 0 Å². The van der Waals surface area contributed by atoms with Crippen molar-refractivity contribution in [2.75, 3.05) is 13.6 Å². The number of aromatic nitrogens is 2.